The third kappa shape index (κ3) is 3.23. The molecule has 1 unspecified atom stereocenters. The Kier molecular flexibility index (Phi) is 4.51. The van der Waals surface area contributed by atoms with Gasteiger partial charge in [-0.3, -0.25) is 9.48 Å². The van der Waals surface area contributed by atoms with Gasteiger partial charge in [-0.25, -0.2) is 4.98 Å². The number of thiazole rings is 1. The number of rotatable bonds is 5. The van der Waals surface area contributed by atoms with E-state index in [1.54, 1.807) is 10.9 Å². The minimum Gasteiger partial charge on any atom is -0.396 e. The standard InChI is InChI=1S/C13H18N4O2S/c1-8(4-5-18)15-12(19)11-9(2)16-13(20-11)10-6-14-17(3)7-10/h6-8,18H,4-5H2,1-3H3,(H,15,19). The van der Waals surface area contributed by atoms with Crippen molar-refractivity contribution < 1.29 is 9.90 Å². The van der Waals surface area contributed by atoms with Crippen molar-refractivity contribution in [1.82, 2.24) is 20.1 Å². The zero-order valence-corrected chi connectivity index (χ0v) is 12.6. The summed E-state index contributed by atoms with van der Waals surface area (Å²) in [6, 6.07) is -0.0594. The van der Waals surface area contributed by atoms with E-state index in [2.05, 4.69) is 15.4 Å². The van der Waals surface area contributed by atoms with Gasteiger partial charge in [0.15, 0.2) is 0 Å². The molecule has 6 nitrogen and oxygen atoms in total. The molecule has 0 aliphatic heterocycles. The summed E-state index contributed by atoms with van der Waals surface area (Å²) in [6.45, 7) is 3.75. The molecule has 0 saturated heterocycles. The molecule has 0 aliphatic rings. The van der Waals surface area contributed by atoms with E-state index in [0.717, 1.165) is 10.6 Å². The van der Waals surface area contributed by atoms with Crippen LogP contribution in [0.25, 0.3) is 10.6 Å². The third-order valence-corrected chi connectivity index (χ3v) is 4.10. The Morgan fingerprint density at radius 2 is 2.35 bits per heavy atom. The summed E-state index contributed by atoms with van der Waals surface area (Å²) < 4.78 is 1.70. The monoisotopic (exact) mass is 294 g/mol. The zero-order valence-electron chi connectivity index (χ0n) is 11.8. The molecule has 1 atom stereocenters. The van der Waals surface area contributed by atoms with Crippen LogP contribution >= 0.6 is 11.3 Å². The van der Waals surface area contributed by atoms with Crippen molar-refractivity contribution in [3.63, 3.8) is 0 Å². The molecule has 2 rings (SSSR count). The molecular weight excluding hydrogens is 276 g/mol. The Hall–Kier alpha value is -1.73. The van der Waals surface area contributed by atoms with Crippen molar-refractivity contribution in [2.75, 3.05) is 6.61 Å². The highest BCUT2D eigenvalue weighted by molar-refractivity contribution is 7.17. The molecule has 108 valence electrons. The molecule has 0 spiro atoms. The molecule has 7 heteroatoms. The highest BCUT2D eigenvalue weighted by atomic mass is 32.1. The average Bonchev–Trinajstić information content (AvgIpc) is 2.95. The minimum absolute atomic E-state index is 0.0594. The SMILES string of the molecule is Cc1nc(-c2cnn(C)c2)sc1C(=O)NC(C)CCO. The van der Waals surface area contributed by atoms with Crippen LogP contribution in [0.4, 0.5) is 0 Å². The minimum atomic E-state index is -0.143. The molecule has 0 radical (unpaired) electrons. The summed E-state index contributed by atoms with van der Waals surface area (Å²) >= 11 is 1.36. The second-order valence-corrected chi connectivity index (χ2v) is 5.72. The lowest BCUT2D eigenvalue weighted by molar-refractivity contribution is 0.0937. The fourth-order valence-electron chi connectivity index (χ4n) is 1.82. The lowest BCUT2D eigenvalue weighted by Crippen LogP contribution is -2.33. The van der Waals surface area contributed by atoms with Gasteiger partial charge in [0.2, 0.25) is 0 Å². The highest BCUT2D eigenvalue weighted by Gasteiger charge is 2.18. The fraction of sp³-hybridized carbons (Fsp3) is 0.462. The molecule has 20 heavy (non-hydrogen) atoms. The van der Waals surface area contributed by atoms with E-state index >= 15 is 0 Å². The lowest BCUT2D eigenvalue weighted by Gasteiger charge is -2.11. The predicted octanol–water partition coefficient (Wildman–Crippen LogP) is 1.35. The van der Waals surface area contributed by atoms with E-state index in [1.165, 1.54) is 11.3 Å². The van der Waals surface area contributed by atoms with Gasteiger partial charge in [-0.1, -0.05) is 0 Å². The number of nitrogens with zero attached hydrogens (tertiary/aromatic N) is 3. The Morgan fingerprint density at radius 3 is 2.95 bits per heavy atom. The first-order valence-electron chi connectivity index (χ1n) is 6.39. The Morgan fingerprint density at radius 1 is 1.60 bits per heavy atom. The maximum absolute atomic E-state index is 12.2. The molecule has 2 heterocycles. The smallest absolute Gasteiger partial charge is 0.263 e. The summed E-state index contributed by atoms with van der Waals surface area (Å²) in [5, 5.41) is 16.6. The number of hydrogen-bond donors (Lipinski definition) is 2. The van der Waals surface area contributed by atoms with Crippen molar-refractivity contribution >= 4 is 17.2 Å². The molecule has 0 bridgehead atoms. The number of carbonyl (C=O) groups excluding carboxylic acids is 1. The van der Waals surface area contributed by atoms with Crippen LogP contribution in [0, 0.1) is 6.92 Å². The molecule has 0 aliphatic carbocycles. The largest absolute Gasteiger partial charge is 0.396 e. The van der Waals surface area contributed by atoms with Gasteiger partial charge in [0, 0.05) is 31.5 Å². The predicted molar refractivity (Wildman–Crippen MR) is 77.7 cm³/mol. The number of aliphatic hydroxyl groups is 1. The maximum atomic E-state index is 12.2. The molecule has 0 fully saturated rings. The van der Waals surface area contributed by atoms with Gasteiger partial charge in [0.25, 0.3) is 5.91 Å². The first-order valence-corrected chi connectivity index (χ1v) is 7.21. The van der Waals surface area contributed by atoms with Crippen LogP contribution in [0.2, 0.25) is 0 Å². The van der Waals surface area contributed by atoms with Crippen LogP contribution in [0.15, 0.2) is 12.4 Å². The van der Waals surface area contributed by atoms with E-state index in [9.17, 15) is 4.79 Å². The summed E-state index contributed by atoms with van der Waals surface area (Å²) in [7, 11) is 1.84. The van der Waals surface area contributed by atoms with Crippen LogP contribution in [0.1, 0.15) is 28.7 Å². The van der Waals surface area contributed by atoms with Gasteiger partial charge in [0.1, 0.15) is 9.88 Å². The normalized spacial score (nSPS) is 12.4. The van der Waals surface area contributed by atoms with Crippen molar-refractivity contribution in [2.24, 2.45) is 7.05 Å². The number of aliphatic hydroxyl groups excluding tert-OH is 1. The second kappa shape index (κ2) is 6.15. The molecule has 2 N–H and O–H groups in total. The number of aromatic nitrogens is 3. The van der Waals surface area contributed by atoms with Crippen molar-refractivity contribution in [3.05, 3.63) is 23.0 Å². The second-order valence-electron chi connectivity index (χ2n) is 4.72. The van der Waals surface area contributed by atoms with Gasteiger partial charge >= 0.3 is 0 Å². The summed E-state index contributed by atoms with van der Waals surface area (Å²) in [5.41, 5.74) is 1.62. The third-order valence-electron chi connectivity index (χ3n) is 2.89. The van der Waals surface area contributed by atoms with Crippen LogP contribution in [0.3, 0.4) is 0 Å². The van der Waals surface area contributed by atoms with Crippen LogP contribution in [0.5, 0.6) is 0 Å². The maximum Gasteiger partial charge on any atom is 0.263 e. The van der Waals surface area contributed by atoms with Crippen molar-refractivity contribution in [2.45, 2.75) is 26.3 Å². The number of amides is 1. The van der Waals surface area contributed by atoms with Crippen LogP contribution < -0.4 is 5.32 Å². The molecule has 1 amide bonds. The topological polar surface area (TPSA) is 80.0 Å². The first-order chi connectivity index (χ1) is 9.51. The molecular formula is C13H18N4O2S. The van der Waals surface area contributed by atoms with E-state index in [4.69, 9.17) is 5.11 Å². The highest BCUT2D eigenvalue weighted by Crippen LogP contribution is 2.27. The van der Waals surface area contributed by atoms with Crippen LogP contribution in [-0.4, -0.2) is 38.4 Å². The number of hydrogen-bond acceptors (Lipinski definition) is 5. The van der Waals surface area contributed by atoms with Crippen LogP contribution in [-0.2, 0) is 7.05 Å². The van der Waals surface area contributed by atoms with E-state index < -0.39 is 0 Å². The quantitative estimate of drug-likeness (QED) is 0.872. The average molecular weight is 294 g/mol. The van der Waals surface area contributed by atoms with Gasteiger partial charge in [-0.05, 0) is 20.3 Å². The van der Waals surface area contributed by atoms with E-state index in [1.807, 2.05) is 27.1 Å². The zero-order chi connectivity index (χ0) is 14.7. The first kappa shape index (κ1) is 14.7. The summed E-state index contributed by atoms with van der Waals surface area (Å²) in [5.74, 6) is -0.143. The summed E-state index contributed by atoms with van der Waals surface area (Å²) in [4.78, 5) is 17.2. The number of carbonyl (C=O) groups is 1. The Labute approximate surface area is 121 Å². The van der Waals surface area contributed by atoms with E-state index in [-0.39, 0.29) is 18.6 Å². The van der Waals surface area contributed by atoms with Gasteiger partial charge in [0.05, 0.1) is 11.9 Å². The number of aryl methyl sites for hydroxylation is 2. The Balaban J connectivity index is 2.17. The lowest BCUT2D eigenvalue weighted by atomic mass is 10.2. The Bertz CT molecular complexity index is 605. The summed E-state index contributed by atoms with van der Waals surface area (Å²) in [6.07, 6.45) is 4.14. The molecule has 2 aromatic heterocycles. The van der Waals surface area contributed by atoms with Crippen molar-refractivity contribution in [1.29, 1.82) is 0 Å². The van der Waals surface area contributed by atoms with Gasteiger partial charge < -0.3 is 10.4 Å². The fourth-order valence-corrected chi connectivity index (χ4v) is 2.76. The molecule has 0 saturated carbocycles. The van der Waals surface area contributed by atoms with Gasteiger partial charge in [-0.15, -0.1) is 11.3 Å². The van der Waals surface area contributed by atoms with E-state index in [0.29, 0.717) is 17.0 Å². The molecule has 2 aromatic rings. The van der Waals surface area contributed by atoms with Crippen molar-refractivity contribution in [3.8, 4) is 10.6 Å². The van der Waals surface area contributed by atoms with Gasteiger partial charge in [-0.2, -0.15) is 5.10 Å². The molecule has 0 aromatic carbocycles. The number of nitrogens with one attached hydrogen (secondary N) is 1.